The maximum atomic E-state index is 7.50. The third kappa shape index (κ3) is 707. The van der Waals surface area contributed by atoms with Gasteiger partial charge in [0, 0.05) is 92.8 Å². The molecule has 12 nitrogen and oxygen atoms in total. The fourth-order valence-corrected chi connectivity index (χ4v) is 0.744. The van der Waals surface area contributed by atoms with E-state index in [-0.39, 0.29) is 67.1 Å². The minimum atomic E-state index is 0. The van der Waals surface area contributed by atoms with Crippen molar-refractivity contribution in [3.8, 4) is 23.7 Å². The van der Waals surface area contributed by atoms with Gasteiger partial charge in [-0.25, -0.2) is 0 Å². The molecule has 0 fully saturated rings. The van der Waals surface area contributed by atoms with E-state index >= 15 is 0 Å². The monoisotopic (exact) mass is 690 g/mol. The molecule has 0 atom stereocenters. The molecule has 0 aromatic heterocycles. The van der Waals surface area contributed by atoms with Crippen LogP contribution in [-0.2, 0) is 123 Å². The van der Waals surface area contributed by atoms with Gasteiger partial charge in [-0.2, -0.15) is 0 Å². The Morgan fingerprint density at radius 3 is 0.486 bits per heavy atom. The Bertz CT molecular complexity index is 507. The van der Waals surface area contributed by atoms with Crippen molar-refractivity contribution in [1.29, 1.82) is 0 Å². The zero-order valence-electron chi connectivity index (χ0n) is 17.8. The minimum absolute atomic E-state index is 0. The molecule has 0 N–H and O–H groups in total. The standard InChI is InChI=1S/C9H10.12CO.4Co/c1-2-4-6-8-9-7-5-3-1;12*1-2;;;;/h1-3,8-9H2;;;;;;;;;;;;;;;;. The van der Waals surface area contributed by atoms with Gasteiger partial charge < -0.3 is 0 Å². The molecule has 0 aromatic rings. The summed E-state index contributed by atoms with van der Waals surface area (Å²) in [6, 6.07) is 0. The van der Waals surface area contributed by atoms with Crippen LogP contribution in [0.1, 0.15) is 32.1 Å². The molecule has 1 rings (SSSR count). The van der Waals surface area contributed by atoms with Crippen LogP contribution >= 0.6 is 0 Å². The second-order valence-corrected chi connectivity index (χ2v) is 2.06. The summed E-state index contributed by atoms with van der Waals surface area (Å²) in [6.45, 7) is 54.0. The molecule has 16 heteroatoms. The van der Waals surface area contributed by atoms with Crippen molar-refractivity contribution >= 4 is 0 Å². The van der Waals surface area contributed by atoms with Gasteiger partial charge in [-0.1, -0.05) is 0 Å². The summed E-state index contributed by atoms with van der Waals surface area (Å²) in [5, 5.41) is 0. The van der Waals surface area contributed by atoms with E-state index in [1.807, 2.05) is 0 Å². The van der Waals surface area contributed by atoms with E-state index in [9.17, 15) is 0 Å². The maximum absolute atomic E-state index is 7.50. The van der Waals surface area contributed by atoms with E-state index in [2.05, 4.69) is 103 Å². The molecular weight excluding hydrogens is 680 g/mol. The van der Waals surface area contributed by atoms with Gasteiger partial charge in [0.15, 0.2) is 0 Å². The minimum Gasteiger partial charge on any atom is 0 e. The summed E-state index contributed by atoms with van der Waals surface area (Å²) < 4.78 is 90.0. The van der Waals surface area contributed by atoms with Crippen molar-refractivity contribution < 1.29 is 123 Å². The second kappa shape index (κ2) is 752. The average Bonchev–Trinajstić information content (AvgIpc) is 3.18. The van der Waals surface area contributed by atoms with Crippen LogP contribution in [0, 0.1) is 103 Å². The number of hydrogen-bond acceptors (Lipinski definition) is 0. The van der Waals surface area contributed by atoms with Crippen LogP contribution in [0.2, 0.25) is 0 Å². The molecule has 0 bridgehead atoms. The van der Waals surface area contributed by atoms with Crippen LogP contribution in [0.3, 0.4) is 0 Å². The average molecular weight is 690 g/mol. The van der Waals surface area contributed by atoms with E-state index < -0.39 is 0 Å². The molecule has 37 heavy (non-hydrogen) atoms. The Kier molecular flexibility index (Phi) is 2280. The third-order valence-electron chi connectivity index (χ3n) is 1.23. The van der Waals surface area contributed by atoms with Gasteiger partial charge >= 0.3 is 136 Å². The van der Waals surface area contributed by atoms with Crippen LogP contribution in [0.25, 0.3) is 0 Å². The summed E-state index contributed by atoms with van der Waals surface area (Å²) >= 11 is 0. The molecule has 1 aliphatic carbocycles. The summed E-state index contributed by atoms with van der Waals surface area (Å²) in [4.78, 5) is 0. The predicted molar refractivity (Wildman–Crippen MR) is 85.8 cm³/mol. The van der Waals surface area contributed by atoms with Gasteiger partial charge in [0.1, 0.15) is 0 Å². The maximum Gasteiger partial charge on any atom is 0 e. The van der Waals surface area contributed by atoms with E-state index in [0.717, 1.165) is 32.1 Å². The molecule has 0 aromatic carbocycles. The zero-order valence-corrected chi connectivity index (χ0v) is 21.9. The van der Waals surface area contributed by atoms with Crippen LogP contribution in [0.4, 0.5) is 0 Å². The quantitative estimate of drug-likeness (QED) is 0.200. The largest absolute Gasteiger partial charge is 0 e. The fraction of sp³-hybridized carbons (Fsp3) is 0.238. The van der Waals surface area contributed by atoms with Gasteiger partial charge in [0.05, 0.1) is 0 Å². The summed E-state index contributed by atoms with van der Waals surface area (Å²) in [5.41, 5.74) is 0. The molecule has 0 spiro atoms. The van der Waals surface area contributed by atoms with Gasteiger partial charge in [0.25, 0.3) is 0 Å². The summed E-state index contributed by atoms with van der Waals surface area (Å²) in [7, 11) is 0. The van der Waals surface area contributed by atoms with Crippen molar-refractivity contribution in [1.82, 2.24) is 0 Å². The van der Waals surface area contributed by atoms with Crippen LogP contribution in [0.15, 0.2) is 0 Å². The van der Waals surface area contributed by atoms with E-state index in [1.165, 1.54) is 0 Å². The molecule has 1 aliphatic rings. The van der Waals surface area contributed by atoms with Crippen molar-refractivity contribution in [2.75, 3.05) is 0 Å². The number of hydrogen-bond donors (Lipinski definition) is 0. The topological polar surface area (TPSA) is 239 Å². The molecule has 0 amide bonds. The molecule has 0 heterocycles. The summed E-state index contributed by atoms with van der Waals surface area (Å²) in [6.07, 6.45) is 5.16. The molecule has 0 unspecified atom stereocenters. The molecule has 202 valence electrons. The van der Waals surface area contributed by atoms with Crippen molar-refractivity contribution in [2.24, 2.45) is 0 Å². The van der Waals surface area contributed by atoms with Gasteiger partial charge in [-0.15, -0.1) is 23.7 Å². The van der Waals surface area contributed by atoms with Gasteiger partial charge in [0.2, 0.25) is 0 Å². The van der Waals surface area contributed by atoms with E-state index in [4.69, 9.17) is 55.8 Å². The molecule has 0 saturated carbocycles. The molecular formula is C21H10Co4O12. The molecule has 0 saturated heterocycles. The Balaban J connectivity index is -0.00000000996. The van der Waals surface area contributed by atoms with E-state index in [0.29, 0.717) is 0 Å². The fourth-order valence-electron chi connectivity index (χ4n) is 0.744. The first-order valence-electron chi connectivity index (χ1n) is 5.86. The molecule has 0 aliphatic heterocycles. The van der Waals surface area contributed by atoms with Crippen molar-refractivity contribution in [3.05, 3.63) is 79.8 Å². The second-order valence-electron chi connectivity index (χ2n) is 2.06. The van der Waals surface area contributed by atoms with E-state index in [1.54, 1.807) is 0 Å². The zero-order chi connectivity index (χ0) is 30.4. The van der Waals surface area contributed by atoms with Gasteiger partial charge in [-0.05, 0) is 6.42 Å². The van der Waals surface area contributed by atoms with Crippen LogP contribution in [-0.4, -0.2) is 0 Å². The first kappa shape index (κ1) is 112. The third-order valence-corrected chi connectivity index (χ3v) is 1.23. The predicted octanol–water partition coefficient (Wildman–Crippen LogP) is 1.50. The Labute approximate surface area is 257 Å². The van der Waals surface area contributed by atoms with Crippen molar-refractivity contribution in [2.45, 2.75) is 32.1 Å². The van der Waals surface area contributed by atoms with Gasteiger partial charge in [-0.3, -0.25) is 0 Å². The SMILES string of the molecule is C1#CCCCC#CCC1.[C-]#[O+].[C-]#[O+].[C-]#[O+].[C-]#[O+].[C-]#[O+].[C-]#[O+].[C-]#[O+].[C-]#[O+].[C-]#[O+].[C-]#[O+].[C-]#[O+].[C-]#[O+].[Co].[Co].[Co].[Co]. The Hall–Kier alpha value is -1.97. The normalized spacial score (nSPS) is 4.76. The van der Waals surface area contributed by atoms with Crippen molar-refractivity contribution in [3.63, 3.8) is 0 Å². The number of rotatable bonds is 0. The first-order chi connectivity index (χ1) is 16.5. The first-order valence-corrected chi connectivity index (χ1v) is 5.86. The Morgan fingerprint density at radius 2 is 0.351 bits per heavy atom. The van der Waals surface area contributed by atoms with Crippen LogP contribution in [0.5, 0.6) is 0 Å². The Morgan fingerprint density at radius 1 is 0.243 bits per heavy atom. The smallest absolute Gasteiger partial charge is 0 e. The van der Waals surface area contributed by atoms with Crippen LogP contribution < -0.4 is 0 Å². The summed E-state index contributed by atoms with van der Waals surface area (Å²) in [5.74, 6) is 12.3. The molecule has 4 radical (unpaired) electrons.